The Bertz CT molecular complexity index is 1160. The van der Waals surface area contributed by atoms with Crippen LogP contribution in [0.3, 0.4) is 0 Å². The molecule has 160 valence electrons. The number of carbonyl (C=O) groups excluding carboxylic acids is 1. The number of halogens is 1. The summed E-state index contributed by atoms with van der Waals surface area (Å²) in [5.74, 6) is -0.888. The van der Waals surface area contributed by atoms with Crippen molar-refractivity contribution in [3.05, 3.63) is 69.8 Å². The quantitative estimate of drug-likeness (QED) is 0.455. The fraction of sp³-hybridized carbons (Fsp3) is 0.280. The first-order valence-electron chi connectivity index (χ1n) is 10.2. The summed E-state index contributed by atoms with van der Waals surface area (Å²) in [4.78, 5) is 25.1. The van der Waals surface area contributed by atoms with Gasteiger partial charge in [0.2, 0.25) is 0 Å². The number of fused-ring (bicyclic) bond motifs is 1. The number of nitrogens with zero attached hydrogens (tertiary/aromatic N) is 1. The summed E-state index contributed by atoms with van der Waals surface area (Å²) >= 11 is 3.45. The fourth-order valence-corrected chi connectivity index (χ4v) is 4.58. The molecule has 6 heteroatoms. The van der Waals surface area contributed by atoms with Crippen LogP contribution in [0.1, 0.15) is 41.9 Å². The number of hydrogen-bond donors (Lipinski definition) is 2. The molecule has 0 unspecified atom stereocenters. The number of carboxylic acids is 1. The minimum Gasteiger partial charge on any atom is -0.480 e. The van der Waals surface area contributed by atoms with E-state index in [1.807, 2.05) is 60.0 Å². The Balaban J connectivity index is 1.99. The van der Waals surface area contributed by atoms with E-state index in [0.29, 0.717) is 24.1 Å². The Morgan fingerprint density at radius 2 is 1.74 bits per heavy atom. The van der Waals surface area contributed by atoms with Gasteiger partial charge in [-0.15, -0.1) is 0 Å². The van der Waals surface area contributed by atoms with Crippen LogP contribution >= 0.6 is 15.9 Å². The highest BCUT2D eigenvalue weighted by Gasteiger charge is 2.38. The number of nitrogens with one attached hydrogen (secondary N) is 1. The molecule has 0 saturated heterocycles. The van der Waals surface area contributed by atoms with E-state index in [1.54, 1.807) is 0 Å². The van der Waals surface area contributed by atoms with E-state index in [4.69, 9.17) is 0 Å². The third-order valence-electron chi connectivity index (χ3n) is 5.67. The van der Waals surface area contributed by atoms with Gasteiger partial charge in [0.15, 0.2) is 5.78 Å². The third-order valence-corrected chi connectivity index (χ3v) is 6.20. The van der Waals surface area contributed by atoms with E-state index in [0.717, 1.165) is 32.7 Å². The van der Waals surface area contributed by atoms with E-state index in [-0.39, 0.29) is 17.7 Å². The molecule has 2 N–H and O–H groups in total. The Hall–Kier alpha value is -2.86. The lowest BCUT2D eigenvalue weighted by molar-refractivity contribution is -0.137. The molecule has 1 aliphatic rings. The molecule has 0 fully saturated rings. The Kier molecular flexibility index (Phi) is 5.52. The normalized spacial score (nSPS) is 14.9. The van der Waals surface area contributed by atoms with Crippen molar-refractivity contribution >= 4 is 39.1 Å². The number of aliphatic carboxylic acids is 1. The lowest BCUT2D eigenvalue weighted by Gasteiger charge is -2.29. The van der Waals surface area contributed by atoms with Crippen molar-refractivity contribution in [2.24, 2.45) is 5.41 Å². The molecule has 5 nitrogen and oxygen atoms in total. The van der Waals surface area contributed by atoms with Gasteiger partial charge in [-0.05, 0) is 43.0 Å². The molecule has 0 amide bonds. The number of anilines is 2. The number of aromatic nitrogens is 1. The van der Waals surface area contributed by atoms with Crippen LogP contribution in [0.5, 0.6) is 0 Å². The third kappa shape index (κ3) is 4.30. The van der Waals surface area contributed by atoms with Crippen LogP contribution in [0.4, 0.5) is 11.4 Å². The highest BCUT2D eigenvalue weighted by molar-refractivity contribution is 9.10. The maximum Gasteiger partial charge on any atom is 0.323 e. The van der Waals surface area contributed by atoms with Crippen LogP contribution in [0.25, 0.3) is 11.3 Å². The van der Waals surface area contributed by atoms with Crippen LogP contribution in [0.2, 0.25) is 0 Å². The summed E-state index contributed by atoms with van der Waals surface area (Å²) in [7, 11) is 0. The summed E-state index contributed by atoms with van der Waals surface area (Å²) in [6.07, 6.45) is 1.07. The molecule has 2 aromatic carbocycles. The number of carbonyl (C=O) groups is 2. The smallest absolute Gasteiger partial charge is 0.323 e. The van der Waals surface area contributed by atoms with Gasteiger partial charge in [-0.2, -0.15) is 0 Å². The second kappa shape index (κ2) is 8.00. The molecule has 1 heterocycles. The van der Waals surface area contributed by atoms with Crippen molar-refractivity contribution in [3.8, 4) is 11.3 Å². The molecule has 0 bridgehead atoms. The van der Waals surface area contributed by atoms with Gasteiger partial charge in [0.1, 0.15) is 6.54 Å². The minimum atomic E-state index is -0.933. The number of ketones is 1. The molecule has 1 aromatic heterocycles. The lowest BCUT2D eigenvalue weighted by atomic mass is 9.76. The standard InChI is InChI=1S/C25H25BrN2O3/c1-15-4-6-16(7-5-15)24-23(27-18-10-8-17(26)9-11-18)22-19(28(24)14-21(30)31)12-25(2,3)13-20(22)29/h4-11,27H,12-14H2,1-3H3,(H,30,31). The molecule has 0 saturated carbocycles. The van der Waals surface area contributed by atoms with E-state index in [1.165, 1.54) is 0 Å². The Morgan fingerprint density at radius 3 is 2.35 bits per heavy atom. The highest BCUT2D eigenvalue weighted by Crippen LogP contribution is 2.45. The molecule has 0 atom stereocenters. The molecule has 0 aliphatic heterocycles. The summed E-state index contributed by atoms with van der Waals surface area (Å²) < 4.78 is 2.77. The van der Waals surface area contributed by atoms with Gasteiger partial charge in [0.05, 0.1) is 16.9 Å². The SMILES string of the molecule is Cc1ccc(-c2c(Nc3ccc(Br)cc3)c3c(n2CC(=O)O)CC(C)(C)CC3=O)cc1. The van der Waals surface area contributed by atoms with Crippen LogP contribution in [0.15, 0.2) is 53.0 Å². The summed E-state index contributed by atoms with van der Waals surface area (Å²) in [6, 6.07) is 15.7. The maximum absolute atomic E-state index is 13.3. The number of carboxylic acid groups (broad SMARTS) is 1. The van der Waals surface area contributed by atoms with Crippen molar-refractivity contribution in [1.29, 1.82) is 0 Å². The summed E-state index contributed by atoms with van der Waals surface area (Å²) in [6.45, 7) is 5.92. The lowest BCUT2D eigenvalue weighted by Crippen LogP contribution is -2.29. The minimum absolute atomic E-state index is 0.0448. The Morgan fingerprint density at radius 1 is 1.10 bits per heavy atom. The second-order valence-electron chi connectivity index (χ2n) is 8.96. The maximum atomic E-state index is 13.3. The van der Waals surface area contributed by atoms with Crippen LogP contribution in [0, 0.1) is 12.3 Å². The van der Waals surface area contributed by atoms with Gasteiger partial charge < -0.3 is 15.0 Å². The molecule has 3 aromatic rings. The monoisotopic (exact) mass is 480 g/mol. The zero-order valence-corrected chi connectivity index (χ0v) is 19.4. The van der Waals surface area contributed by atoms with Crippen LogP contribution < -0.4 is 5.32 Å². The van der Waals surface area contributed by atoms with E-state index in [9.17, 15) is 14.7 Å². The van der Waals surface area contributed by atoms with Crippen molar-refractivity contribution in [1.82, 2.24) is 4.57 Å². The zero-order chi connectivity index (χ0) is 22.3. The molecule has 0 radical (unpaired) electrons. The van der Waals surface area contributed by atoms with E-state index >= 15 is 0 Å². The summed E-state index contributed by atoms with van der Waals surface area (Å²) in [5.41, 5.74) is 5.43. The van der Waals surface area contributed by atoms with Gasteiger partial charge in [-0.25, -0.2) is 0 Å². The van der Waals surface area contributed by atoms with E-state index in [2.05, 4.69) is 35.1 Å². The fourth-order valence-electron chi connectivity index (χ4n) is 4.31. The summed E-state index contributed by atoms with van der Waals surface area (Å²) in [5, 5.41) is 13.1. The van der Waals surface area contributed by atoms with Gasteiger partial charge >= 0.3 is 5.97 Å². The van der Waals surface area contributed by atoms with Crippen molar-refractivity contribution in [2.75, 3.05) is 5.32 Å². The first-order chi connectivity index (χ1) is 14.6. The molecule has 4 rings (SSSR count). The molecule has 31 heavy (non-hydrogen) atoms. The molecule has 0 spiro atoms. The highest BCUT2D eigenvalue weighted by atomic mass is 79.9. The van der Waals surface area contributed by atoms with Crippen molar-refractivity contribution in [2.45, 2.75) is 40.2 Å². The van der Waals surface area contributed by atoms with Gasteiger partial charge in [-0.3, -0.25) is 9.59 Å². The topological polar surface area (TPSA) is 71.3 Å². The largest absolute Gasteiger partial charge is 0.480 e. The molecule has 1 aliphatic carbocycles. The number of Topliss-reactive ketones (excluding diaryl/α,β-unsaturated/α-hetero) is 1. The average molecular weight is 481 g/mol. The van der Waals surface area contributed by atoms with Gasteiger partial charge in [0.25, 0.3) is 0 Å². The predicted octanol–water partition coefficient (Wildman–Crippen LogP) is 6.21. The van der Waals surface area contributed by atoms with Crippen molar-refractivity contribution in [3.63, 3.8) is 0 Å². The number of aryl methyl sites for hydroxylation is 1. The Labute approximate surface area is 190 Å². The predicted molar refractivity (Wildman–Crippen MR) is 126 cm³/mol. The van der Waals surface area contributed by atoms with Crippen molar-refractivity contribution < 1.29 is 14.7 Å². The number of benzene rings is 2. The van der Waals surface area contributed by atoms with Crippen LogP contribution in [-0.4, -0.2) is 21.4 Å². The first kappa shape index (κ1) is 21.4. The first-order valence-corrected chi connectivity index (χ1v) is 11.0. The molecular formula is C25H25BrN2O3. The number of hydrogen-bond acceptors (Lipinski definition) is 3. The average Bonchev–Trinajstić information content (AvgIpc) is 2.96. The van der Waals surface area contributed by atoms with Gasteiger partial charge in [0, 0.05) is 27.8 Å². The van der Waals surface area contributed by atoms with Crippen LogP contribution in [-0.2, 0) is 17.8 Å². The molecular weight excluding hydrogens is 456 g/mol. The van der Waals surface area contributed by atoms with Gasteiger partial charge in [-0.1, -0.05) is 59.6 Å². The zero-order valence-electron chi connectivity index (χ0n) is 17.8. The van der Waals surface area contributed by atoms with E-state index < -0.39 is 5.97 Å². The number of rotatable bonds is 5. The second-order valence-corrected chi connectivity index (χ2v) is 9.88.